The highest BCUT2D eigenvalue weighted by atomic mass is 35.5. The van der Waals surface area contributed by atoms with E-state index in [4.69, 9.17) is 28.3 Å². The van der Waals surface area contributed by atoms with Crippen LogP contribution in [0.4, 0.5) is 10.5 Å². The molecule has 2 aliphatic rings. The first-order valence-corrected chi connectivity index (χ1v) is 12.9. The zero-order chi connectivity index (χ0) is 25.4. The monoisotopic (exact) mass is 527 g/mol. The maximum atomic E-state index is 13.2. The molecule has 1 amide bonds. The highest BCUT2D eigenvalue weighted by Crippen LogP contribution is 2.40. The number of aromatic hydroxyl groups is 1. The van der Waals surface area contributed by atoms with Gasteiger partial charge in [-0.15, -0.1) is 0 Å². The Morgan fingerprint density at radius 1 is 0.972 bits per heavy atom. The number of phenolic OH excluding ortho intramolecular Hbond substituents is 1. The summed E-state index contributed by atoms with van der Waals surface area (Å²) in [6.45, 7) is 0.465. The van der Waals surface area contributed by atoms with E-state index in [1.807, 2.05) is 18.2 Å². The van der Waals surface area contributed by atoms with E-state index < -0.39 is 6.09 Å². The van der Waals surface area contributed by atoms with Gasteiger partial charge in [-0.05, 0) is 79.8 Å². The number of benzene rings is 2. The largest absolute Gasteiger partial charge is 0.505 e. The third-order valence-corrected chi connectivity index (χ3v) is 7.75. The molecule has 9 heteroatoms. The second kappa shape index (κ2) is 10.1. The van der Waals surface area contributed by atoms with Crippen molar-refractivity contribution in [2.75, 3.05) is 11.9 Å². The van der Waals surface area contributed by atoms with Gasteiger partial charge in [0.25, 0.3) is 0 Å². The van der Waals surface area contributed by atoms with Gasteiger partial charge in [-0.25, -0.2) is 4.79 Å². The average molecular weight is 528 g/mol. The van der Waals surface area contributed by atoms with Gasteiger partial charge in [-0.3, -0.25) is 9.78 Å². The highest BCUT2D eigenvalue weighted by Gasteiger charge is 2.33. The maximum Gasteiger partial charge on any atom is 0.404 e. The summed E-state index contributed by atoms with van der Waals surface area (Å²) in [7, 11) is 0. The molecule has 4 N–H and O–H groups in total. The third kappa shape index (κ3) is 5.22. The standard InChI is InChI=1S/C27H27Cl2N3O4/c28-21-10-17(11-22(29)26(21)34)16-5-8-23-19(9-16)24(20(13-30-23)25(33)15-3-4-15)32-18-6-1-14(2-7-18)12-31-27(35)36/h5,8-11,13-15,18,31,34H,1-4,6-7,12H2,(H,30,32)(H,35,36). The Balaban J connectivity index is 1.49. The number of Topliss-reactive ketones (excluding diaryl/α,β-unsaturated/α-hetero) is 1. The highest BCUT2D eigenvalue weighted by molar-refractivity contribution is 6.37. The first-order chi connectivity index (χ1) is 17.3. The van der Waals surface area contributed by atoms with Crippen molar-refractivity contribution in [1.82, 2.24) is 10.3 Å². The van der Waals surface area contributed by atoms with Gasteiger partial charge in [0.2, 0.25) is 0 Å². The molecule has 0 atom stereocenters. The molecule has 2 fully saturated rings. The Morgan fingerprint density at radius 2 is 1.67 bits per heavy atom. The van der Waals surface area contributed by atoms with Gasteiger partial charge in [-0.2, -0.15) is 0 Å². The fourth-order valence-electron chi connectivity index (χ4n) is 4.96. The Bertz CT molecular complexity index is 1310. The number of rotatable bonds is 7. The third-order valence-electron chi connectivity index (χ3n) is 7.17. The van der Waals surface area contributed by atoms with Crippen molar-refractivity contribution in [2.45, 2.75) is 44.6 Å². The SMILES string of the molecule is O=C(O)NCC1CCC(Nc2c(C(=O)C3CC3)cnc3ccc(-c4cc(Cl)c(O)c(Cl)c4)cc23)CC1. The molecule has 0 spiro atoms. The van der Waals surface area contributed by atoms with Crippen molar-refractivity contribution in [3.8, 4) is 16.9 Å². The predicted molar refractivity (Wildman–Crippen MR) is 141 cm³/mol. The topological polar surface area (TPSA) is 112 Å². The van der Waals surface area contributed by atoms with Crippen LogP contribution in [-0.2, 0) is 0 Å². The van der Waals surface area contributed by atoms with Crippen LogP contribution in [0.15, 0.2) is 36.5 Å². The number of halogens is 2. The molecule has 5 rings (SSSR count). The number of aromatic nitrogens is 1. The van der Waals surface area contributed by atoms with E-state index >= 15 is 0 Å². The Morgan fingerprint density at radius 3 is 2.31 bits per heavy atom. The molecule has 7 nitrogen and oxygen atoms in total. The first-order valence-electron chi connectivity index (χ1n) is 12.2. The number of fused-ring (bicyclic) bond motifs is 1. The molecule has 1 heterocycles. The van der Waals surface area contributed by atoms with Crippen LogP contribution in [0, 0.1) is 11.8 Å². The van der Waals surface area contributed by atoms with Crippen LogP contribution in [0.5, 0.6) is 5.75 Å². The molecule has 0 radical (unpaired) electrons. The Kier molecular flexibility index (Phi) is 6.95. The molecule has 2 saturated carbocycles. The second-order valence-electron chi connectivity index (χ2n) is 9.75. The number of carboxylic acid groups (broad SMARTS) is 1. The molecule has 2 aliphatic carbocycles. The molecular formula is C27H27Cl2N3O4. The van der Waals surface area contributed by atoms with Crippen molar-refractivity contribution in [1.29, 1.82) is 0 Å². The predicted octanol–water partition coefficient (Wildman–Crippen LogP) is 6.75. The second-order valence-corrected chi connectivity index (χ2v) is 10.6. The van der Waals surface area contributed by atoms with Gasteiger partial charge < -0.3 is 20.8 Å². The van der Waals surface area contributed by atoms with E-state index in [-0.39, 0.29) is 33.5 Å². The number of anilines is 1. The van der Waals surface area contributed by atoms with E-state index in [0.717, 1.165) is 66.2 Å². The summed E-state index contributed by atoms with van der Waals surface area (Å²) in [6.07, 6.45) is 6.08. The number of hydrogen-bond donors (Lipinski definition) is 4. The Labute approximate surface area is 218 Å². The van der Waals surface area contributed by atoms with E-state index in [1.165, 1.54) is 0 Å². The quantitative estimate of drug-likeness (QED) is 0.253. The number of hydrogen-bond acceptors (Lipinski definition) is 5. The molecule has 0 aliphatic heterocycles. The smallest absolute Gasteiger partial charge is 0.404 e. The summed E-state index contributed by atoms with van der Waals surface area (Å²) in [5.41, 5.74) is 3.76. The summed E-state index contributed by atoms with van der Waals surface area (Å²) < 4.78 is 0. The number of amides is 1. The lowest BCUT2D eigenvalue weighted by Crippen LogP contribution is -2.33. The van der Waals surface area contributed by atoms with Crippen LogP contribution in [0.2, 0.25) is 10.0 Å². The lowest BCUT2D eigenvalue weighted by atomic mass is 9.85. The lowest BCUT2D eigenvalue weighted by molar-refractivity contribution is 0.0968. The molecule has 188 valence electrons. The molecular weight excluding hydrogens is 501 g/mol. The van der Waals surface area contributed by atoms with Crippen molar-refractivity contribution in [2.24, 2.45) is 11.8 Å². The molecule has 2 aromatic carbocycles. The van der Waals surface area contributed by atoms with Gasteiger partial charge in [0.15, 0.2) is 11.5 Å². The van der Waals surface area contributed by atoms with Gasteiger partial charge in [0.05, 0.1) is 26.8 Å². The van der Waals surface area contributed by atoms with Gasteiger partial charge in [-0.1, -0.05) is 29.3 Å². The minimum Gasteiger partial charge on any atom is -0.505 e. The van der Waals surface area contributed by atoms with Gasteiger partial charge in [0, 0.05) is 30.1 Å². The number of carbonyl (C=O) groups excluding carboxylic acids is 1. The fourth-order valence-corrected chi connectivity index (χ4v) is 5.45. The van der Waals surface area contributed by atoms with Crippen LogP contribution in [0.25, 0.3) is 22.0 Å². The van der Waals surface area contributed by atoms with E-state index in [0.29, 0.717) is 18.0 Å². The van der Waals surface area contributed by atoms with Crippen molar-refractivity contribution in [3.63, 3.8) is 0 Å². The van der Waals surface area contributed by atoms with Crippen molar-refractivity contribution in [3.05, 3.63) is 52.1 Å². The Hall–Kier alpha value is -3.03. The summed E-state index contributed by atoms with van der Waals surface area (Å²) in [5, 5.41) is 26.2. The minimum atomic E-state index is -0.992. The number of pyridine rings is 1. The van der Waals surface area contributed by atoms with Crippen LogP contribution < -0.4 is 10.6 Å². The van der Waals surface area contributed by atoms with Crippen LogP contribution in [0.1, 0.15) is 48.9 Å². The zero-order valence-corrected chi connectivity index (χ0v) is 21.1. The number of ketones is 1. The minimum absolute atomic E-state index is 0.0560. The zero-order valence-electron chi connectivity index (χ0n) is 19.6. The summed E-state index contributed by atoms with van der Waals surface area (Å²) >= 11 is 12.3. The van der Waals surface area contributed by atoms with Crippen molar-refractivity contribution < 1.29 is 19.8 Å². The summed E-state index contributed by atoms with van der Waals surface area (Å²) in [6, 6.07) is 9.30. The molecule has 0 unspecified atom stereocenters. The van der Waals surface area contributed by atoms with Gasteiger partial charge in [0.1, 0.15) is 0 Å². The molecule has 1 aromatic heterocycles. The molecule has 0 bridgehead atoms. The average Bonchev–Trinajstić information content (AvgIpc) is 3.72. The lowest BCUT2D eigenvalue weighted by Gasteiger charge is -2.30. The van der Waals surface area contributed by atoms with Gasteiger partial charge >= 0.3 is 6.09 Å². The number of nitrogens with zero attached hydrogens (tertiary/aromatic N) is 1. The van der Waals surface area contributed by atoms with Crippen LogP contribution in [0.3, 0.4) is 0 Å². The number of carbonyl (C=O) groups is 2. The van der Waals surface area contributed by atoms with E-state index in [2.05, 4.69) is 15.6 Å². The molecule has 36 heavy (non-hydrogen) atoms. The van der Waals surface area contributed by atoms with Crippen LogP contribution >= 0.6 is 23.2 Å². The molecule has 0 saturated heterocycles. The first kappa shape index (κ1) is 24.7. The molecule has 3 aromatic rings. The summed E-state index contributed by atoms with van der Waals surface area (Å²) in [4.78, 5) is 28.6. The van der Waals surface area contributed by atoms with E-state index in [9.17, 15) is 14.7 Å². The fraction of sp³-hybridized carbons (Fsp3) is 0.370. The van der Waals surface area contributed by atoms with Crippen LogP contribution in [-0.4, -0.2) is 39.7 Å². The maximum absolute atomic E-state index is 13.2. The number of phenols is 1. The summed E-state index contributed by atoms with van der Waals surface area (Å²) in [5.74, 6) is 0.336. The normalized spacial score (nSPS) is 19.7. The van der Waals surface area contributed by atoms with E-state index in [1.54, 1.807) is 18.3 Å². The van der Waals surface area contributed by atoms with Crippen molar-refractivity contribution >= 4 is 51.7 Å². The number of nitrogens with one attached hydrogen (secondary N) is 2.